The third-order valence-electron chi connectivity index (χ3n) is 2.10. The zero-order valence-electron chi connectivity index (χ0n) is 9.03. The van der Waals surface area contributed by atoms with Gasteiger partial charge in [0.15, 0.2) is 0 Å². The van der Waals surface area contributed by atoms with E-state index in [9.17, 15) is 4.79 Å². The number of rotatable bonds is 5. The van der Waals surface area contributed by atoms with Gasteiger partial charge in [-0.25, -0.2) is 4.79 Å². The highest BCUT2D eigenvalue weighted by atomic mass is 79.9. The maximum Gasteiger partial charge on any atom is 0.336 e. The van der Waals surface area contributed by atoms with Gasteiger partial charge in [-0.2, -0.15) is 0 Å². The molecule has 0 unspecified atom stereocenters. The Kier molecular flexibility index (Phi) is 5.22. The van der Waals surface area contributed by atoms with Gasteiger partial charge in [-0.05, 0) is 43.8 Å². The molecule has 0 saturated carbocycles. The molecule has 0 atom stereocenters. The quantitative estimate of drug-likeness (QED) is 0.817. The van der Waals surface area contributed by atoms with Crippen molar-refractivity contribution in [3.05, 3.63) is 39.9 Å². The van der Waals surface area contributed by atoms with E-state index in [2.05, 4.69) is 21.2 Å². The lowest BCUT2D eigenvalue weighted by atomic mass is 10.1. The number of nitrogens with one attached hydrogen (secondary N) is 1. The summed E-state index contributed by atoms with van der Waals surface area (Å²) in [4.78, 5) is 11.0. The lowest BCUT2D eigenvalue weighted by Crippen LogP contribution is -2.05. The van der Waals surface area contributed by atoms with Gasteiger partial charge in [-0.3, -0.25) is 0 Å². The van der Waals surface area contributed by atoms with Crippen LogP contribution in [-0.2, 0) is 0 Å². The van der Waals surface area contributed by atoms with Crippen LogP contribution in [0.1, 0.15) is 22.3 Å². The Labute approximate surface area is 103 Å². The zero-order chi connectivity index (χ0) is 12.0. The molecule has 0 amide bonds. The van der Waals surface area contributed by atoms with Crippen molar-refractivity contribution >= 4 is 28.0 Å². The lowest BCUT2D eigenvalue weighted by Gasteiger charge is -2.01. The molecule has 0 bridgehead atoms. The van der Waals surface area contributed by atoms with E-state index >= 15 is 0 Å². The van der Waals surface area contributed by atoms with Crippen molar-refractivity contribution in [1.29, 1.82) is 0 Å². The molecule has 4 heteroatoms. The molecule has 2 N–H and O–H groups in total. The Morgan fingerprint density at radius 1 is 1.56 bits per heavy atom. The SMILES string of the molecule is CNCCC=Cc1cc(Br)ccc1C(=O)O. The van der Waals surface area contributed by atoms with Crippen molar-refractivity contribution < 1.29 is 9.90 Å². The molecule has 1 rings (SSSR count). The van der Waals surface area contributed by atoms with Crippen LogP contribution in [0.4, 0.5) is 0 Å². The van der Waals surface area contributed by atoms with E-state index in [1.165, 1.54) is 0 Å². The van der Waals surface area contributed by atoms with E-state index in [1.807, 2.05) is 19.2 Å². The first kappa shape index (κ1) is 12.9. The second kappa shape index (κ2) is 6.45. The monoisotopic (exact) mass is 283 g/mol. The van der Waals surface area contributed by atoms with Gasteiger partial charge in [0, 0.05) is 4.47 Å². The Morgan fingerprint density at radius 3 is 2.94 bits per heavy atom. The molecule has 0 aliphatic rings. The largest absolute Gasteiger partial charge is 0.478 e. The van der Waals surface area contributed by atoms with Gasteiger partial charge in [0.1, 0.15) is 0 Å². The highest BCUT2D eigenvalue weighted by Gasteiger charge is 2.07. The summed E-state index contributed by atoms with van der Waals surface area (Å²) in [5.41, 5.74) is 1.04. The molecule has 86 valence electrons. The molecule has 0 spiro atoms. The average molecular weight is 284 g/mol. The summed E-state index contributed by atoms with van der Waals surface area (Å²) in [5, 5.41) is 12.0. The first-order valence-electron chi connectivity index (χ1n) is 4.99. The molecule has 0 saturated heterocycles. The van der Waals surface area contributed by atoms with E-state index in [0.29, 0.717) is 5.56 Å². The Morgan fingerprint density at radius 2 is 2.31 bits per heavy atom. The van der Waals surface area contributed by atoms with Gasteiger partial charge in [0.25, 0.3) is 0 Å². The second-order valence-electron chi connectivity index (χ2n) is 3.33. The molecule has 0 aliphatic carbocycles. The minimum Gasteiger partial charge on any atom is -0.478 e. The van der Waals surface area contributed by atoms with Crippen molar-refractivity contribution in [3.8, 4) is 0 Å². The standard InChI is InChI=1S/C12H14BrNO2/c1-14-7-3-2-4-9-8-10(13)5-6-11(9)12(15)16/h2,4-6,8,14H,3,7H2,1H3,(H,15,16). The maximum atomic E-state index is 11.0. The van der Waals surface area contributed by atoms with Crippen molar-refractivity contribution in [2.75, 3.05) is 13.6 Å². The summed E-state index contributed by atoms with van der Waals surface area (Å²) in [7, 11) is 1.88. The van der Waals surface area contributed by atoms with Crippen molar-refractivity contribution in [2.24, 2.45) is 0 Å². The fourth-order valence-corrected chi connectivity index (χ4v) is 1.68. The molecular weight excluding hydrogens is 270 g/mol. The predicted molar refractivity (Wildman–Crippen MR) is 68.7 cm³/mol. The number of hydrogen-bond acceptors (Lipinski definition) is 2. The number of hydrogen-bond donors (Lipinski definition) is 2. The van der Waals surface area contributed by atoms with Crippen molar-refractivity contribution in [2.45, 2.75) is 6.42 Å². The van der Waals surface area contributed by atoms with Gasteiger partial charge in [0.2, 0.25) is 0 Å². The minimum atomic E-state index is -0.902. The van der Waals surface area contributed by atoms with Gasteiger partial charge in [-0.1, -0.05) is 28.1 Å². The normalized spacial score (nSPS) is 10.9. The van der Waals surface area contributed by atoms with Crippen LogP contribution in [0.2, 0.25) is 0 Å². The van der Waals surface area contributed by atoms with E-state index < -0.39 is 5.97 Å². The average Bonchev–Trinajstić information content (AvgIpc) is 2.24. The van der Waals surface area contributed by atoms with E-state index in [1.54, 1.807) is 18.2 Å². The van der Waals surface area contributed by atoms with Crippen LogP contribution in [0.15, 0.2) is 28.7 Å². The fourth-order valence-electron chi connectivity index (χ4n) is 1.30. The van der Waals surface area contributed by atoms with Crippen LogP contribution in [-0.4, -0.2) is 24.7 Å². The lowest BCUT2D eigenvalue weighted by molar-refractivity contribution is 0.0696. The number of benzene rings is 1. The van der Waals surface area contributed by atoms with Crippen LogP contribution >= 0.6 is 15.9 Å². The predicted octanol–water partition coefficient (Wildman–Crippen LogP) is 2.77. The highest BCUT2D eigenvalue weighted by Crippen LogP contribution is 2.18. The topological polar surface area (TPSA) is 49.3 Å². The van der Waals surface area contributed by atoms with Crippen LogP contribution in [0.3, 0.4) is 0 Å². The molecule has 3 nitrogen and oxygen atoms in total. The summed E-state index contributed by atoms with van der Waals surface area (Å²) >= 11 is 3.33. The summed E-state index contributed by atoms with van der Waals surface area (Å²) in [6.07, 6.45) is 4.68. The van der Waals surface area contributed by atoms with Gasteiger partial charge < -0.3 is 10.4 Å². The molecule has 0 heterocycles. The number of halogens is 1. The van der Waals surface area contributed by atoms with E-state index in [-0.39, 0.29) is 0 Å². The van der Waals surface area contributed by atoms with Gasteiger partial charge in [0.05, 0.1) is 5.56 Å². The van der Waals surface area contributed by atoms with E-state index in [0.717, 1.165) is 23.0 Å². The molecule has 0 aliphatic heterocycles. The number of carboxylic acids is 1. The third-order valence-corrected chi connectivity index (χ3v) is 2.60. The molecule has 0 fully saturated rings. The number of carbonyl (C=O) groups is 1. The van der Waals surface area contributed by atoms with Crippen molar-refractivity contribution in [1.82, 2.24) is 5.32 Å². The molecule has 0 aromatic heterocycles. The Hall–Kier alpha value is -1.13. The smallest absolute Gasteiger partial charge is 0.336 e. The molecule has 1 aromatic rings. The maximum absolute atomic E-state index is 11.0. The summed E-state index contributed by atoms with van der Waals surface area (Å²) in [6, 6.07) is 5.14. The molecular formula is C12H14BrNO2. The van der Waals surface area contributed by atoms with E-state index in [4.69, 9.17) is 5.11 Å². The van der Waals surface area contributed by atoms with Crippen LogP contribution in [0.25, 0.3) is 6.08 Å². The summed E-state index contributed by atoms with van der Waals surface area (Å²) in [5.74, 6) is -0.902. The van der Waals surface area contributed by atoms with Crippen LogP contribution < -0.4 is 5.32 Å². The van der Waals surface area contributed by atoms with Crippen LogP contribution in [0.5, 0.6) is 0 Å². The molecule has 1 aromatic carbocycles. The zero-order valence-corrected chi connectivity index (χ0v) is 10.6. The minimum absolute atomic E-state index is 0.323. The Balaban J connectivity index is 2.88. The number of carboxylic acid groups (broad SMARTS) is 1. The first-order valence-corrected chi connectivity index (χ1v) is 5.78. The number of aromatic carboxylic acids is 1. The third kappa shape index (κ3) is 3.79. The fraction of sp³-hybridized carbons (Fsp3) is 0.250. The first-order chi connectivity index (χ1) is 7.65. The van der Waals surface area contributed by atoms with Crippen molar-refractivity contribution in [3.63, 3.8) is 0 Å². The second-order valence-corrected chi connectivity index (χ2v) is 4.25. The summed E-state index contributed by atoms with van der Waals surface area (Å²) in [6.45, 7) is 0.882. The Bertz CT molecular complexity index is 402. The van der Waals surface area contributed by atoms with Gasteiger partial charge in [-0.15, -0.1) is 0 Å². The van der Waals surface area contributed by atoms with Gasteiger partial charge >= 0.3 is 5.97 Å². The summed E-state index contributed by atoms with van der Waals surface area (Å²) < 4.78 is 0.880. The molecule has 16 heavy (non-hydrogen) atoms. The van der Waals surface area contributed by atoms with Crippen LogP contribution in [0, 0.1) is 0 Å². The highest BCUT2D eigenvalue weighted by molar-refractivity contribution is 9.10. The molecule has 0 radical (unpaired) electrons.